The van der Waals surface area contributed by atoms with Gasteiger partial charge in [-0.05, 0) is 46.6 Å². The van der Waals surface area contributed by atoms with Gasteiger partial charge in [-0.15, -0.1) is 0 Å². The van der Waals surface area contributed by atoms with E-state index in [-0.39, 0.29) is 6.04 Å². The van der Waals surface area contributed by atoms with Crippen molar-refractivity contribution >= 4 is 5.97 Å². The first-order valence-corrected chi connectivity index (χ1v) is 7.14. The lowest BCUT2D eigenvalue weighted by molar-refractivity contribution is -0.145. The van der Waals surface area contributed by atoms with Crippen LogP contribution in [0, 0.1) is 0 Å². The Bertz CT molecular complexity index is 277. The van der Waals surface area contributed by atoms with E-state index in [0.717, 1.165) is 19.4 Å². The predicted molar refractivity (Wildman–Crippen MR) is 73.8 cm³/mol. The first kappa shape index (κ1) is 15.4. The summed E-state index contributed by atoms with van der Waals surface area (Å²) in [5.74, 6) is -0.752. The molecule has 0 aromatic rings. The van der Waals surface area contributed by atoms with Crippen molar-refractivity contribution in [2.45, 2.75) is 71.0 Å². The van der Waals surface area contributed by atoms with Gasteiger partial charge in [-0.2, -0.15) is 0 Å². The van der Waals surface area contributed by atoms with Gasteiger partial charge >= 0.3 is 5.97 Å². The van der Waals surface area contributed by atoms with Crippen LogP contribution in [0.15, 0.2) is 0 Å². The molecule has 0 aromatic heterocycles. The van der Waals surface area contributed by atoms with Crippen LogP contribution in [0.5, 0.6) is 0 Å². The number of hydrogen-bond acceptors (Lipinski definition) is 3. The van der Waals surface area contributed by atoms with Crippen LogP contribution in [-0.4, -0.2) is 46.7 Å². The van der Waals surface area contributed by atoms with Gasteiger partial charge in [-0.1, -0.05) is 13.3 Å². The number of carboxylic acid groups (broad SMARTS) is 1. The van der Waals surface area contributed by atoms with Crippen molar-refractivity contribution in [3.8, 4) is 0 Å². The predicted octanol–water partition coefficient (Wildman–Crippen LogP) is 2.09. The molecule has 0 saturated heterocycles. The van der Waals surface area contributed by atoms with Crippen LogP contribution in [0.1, 0.15) is 53.4 Å². The van der Waals surface area contributed by atoms with Gasteiger partial charge in [0.15, 0.2) is 0 Å². The maximum Gasteiger partial charge on any atom is 0.324 e. The van der Waals surface area contributed by atoms with Gasteiger partial charge in [0, 0.05) is 18.6 Å². The average Bonchev–Trinajstić information content (AvgIpc) is 3.06. The van der Waals surface area contributed by atoms with Crippen molar-refractivity contribution in [1.82, 2.24) is 10.2 Å². The van der Waals surface area contributed by atoms with Crippen LogP contribution in [0.4, 0.5) is 0 Å². The molecule has 1 saturated carbocycles. The summed E-state index contributed by atoms with van der Waals surface area (Å²) in [4.78, 5) is 13.9. The van der Waals surface area contributed by atoms with Gasteiger partial charge in [0.25, 0.3) is 0 Å². The minimum atomic E-state index is -0.843. The Morgan fingerprint density at radius 2 is 2.11 bits per heavy atom. The van der Waals surface area contributed by atoms with Crippen LogP contribution >= 0.6 is 0 Å². The summed E-state index contributed by atoms with van der Waals surface area (Å²) in [6, 6.07) is 0.794. The molecule has 0 aliphatic heterocycles. The summed E-state index contributed by atoms with van der Waals surface area (Å²) in [6.45, 7) is 9.59. The minimum Gasteiger partial charge on any atom is -0.480 e. The molecule has 1 fully saturated rings. The Labute approximate surface area is 111 Å². The number of nitrogens with zero attached hydrogens (tertiary/aromatic N) is 1. The Kier molecular flexibility index (Phi) is 5.60. The molecule has 1 atom stereocenters. The van der Waals surface area contributed by atoms with E-state index in [9.17, 15) is 9.90 Å². The molecule has 4 nitrogen and oxygen atoms in total. The molecule has 0 heterocycles. The maximum absolute atomic E-state index is 11.5. The van der Waals surface area contributed by atoms with E-state index < -0.39 is 11.5 Å². The Balaban J connectivity index is 2.64. The van der Waals surface area contributed by atoms with E-state index in [1.807, 2.05) is 13.8 Å². The SMILES string of the molecule is CCCCN(CC(C)(NC(C)C)C(=O)O)C1CC1. The zero-order valence-corrected chi connectivity index (χ0v) is 12.2. The third kappa shape index (κ3) is 4.58. The number of carbonyl (C=O) groups is 1. The van der Waals surface area contributed by atoms with E-state index in [1.165, 1.54) is 12.8 Å². The molecular formula is C14H28N2O2. The quantitative estimate of drug-likeness (QED) is 0.663. The van der Waals surface area contributed by atoms with E-state index >= 15 is 0 Å². The van der Waals surface area contributed by atoms with Crippen molar-refractivity contribution < 1.29 is 9.90 Å². The second kappa shape index (κ2) is 6.53. The minimum absolute atomic E-state index is 0.179. The van der Waals surface area contributed by atoms with Crippen molar-refractivity contribution in [3.63, 3.8) is 0 Å². The van der Waals surface area contributed by atoms with Crippen LogP contribution in [-0.2, 0) is 4.79 Å². The highest BCUT2D eigenvalue weighted by molar-refractivity contribution is 5.78. The van der Waals surface area contributed by atoms with Crippen molar-refractivity contribution in [2.24, 2.45) is 0 Å². The first-order valence-electron chi connectivity index (χ1n) is 7.14. The molecular weight excluding hydrogens is 228 g/mol. The van der Waals surface area contributed by atoms with Crippen LogP contribution in [0.2, 0.25) is 0 Å². The summed E-state index contributed by atoms with van der Waals surface area (Å²) in [5.41, 5.74) is -0.843. The van der Waals surface area contributed by atoms with E-state index in [1.54, 1.807) is 6.92 Å². The Morgan fingerprint density at radius 1 is 1.50 bits per heavy atom. The van der Waals surface area contributed by atoms with Gasteiger partial charge in [0.05, 0.1) is 0 Å². The molecule has 2 N–H and O–H groups in total. The topological polar surface area (TPSA) is 52.6 Å². The van der Waals surface area contributed by atoms with E-state index in [4.69, 9.17) is 0 Å². The molecule has 0 spiro atoms. The number of nitrogens with one attached hydrogen (secondary N) is 1. The molecule has 4 heteroatoms. The number of unbranched alkanes of at least 4 members (excludes halogenated alkanes) is 1. The van der Waals surface area contributed by atoms with Gasteiger partial charge < -0.3 is 5.11 Å². The molecule has 1 aliphatic rings. The monoisotopic (exact) mass is 256 g/mol. The van der Waals surface area contributed by atoms with Gasteiger partial charge in [-0.3, -0.25) is 15.0 Å². The molecule has 0 amide bonds. The van der Waals surface area contributed by atoms with Crippen LogP contribution < -0.4 is 5.32 Å². The molecule has 1 unspecified atom stereocenters. The second-order valence-corrected chi connectivity index (χ2v) is 5.99. The maximum atomic E-state index is 11.5. The fourth-order valence-electron chi connectivity index (χ4n) is 2.41. The van der Waals surface area contributed by atoms with Crippen molar-refractivity contribution in [3.05, 3.63) is 0 Å². The molecule has 0 aromatic carbocycles. The number of aliphatic carboxylic acids is 1. The summed E-state index contributed by atoms with van der Waals surface area (Å²) in [7, 11) is 0. The third-order valence-corrected chi connectivity index (χ3v) is 3.46. The second-order valence-electron chi connectivity index (χ2n) is 5.99. The van der Waals surface area contributed by atoms with E-state index in [2.05, 4.69) is 17.1 Å². The summed E-state index contributed by atoms with van der Waals surface area (Å²) in [5, 5.41) is 12.7. The fourth-order valence-corrected chi connectivity index (χ4v) is 2.41. The highest BCUT2D eigenvalue weighted by Gasteiger charge is 2.39. The van der Waals surface area contributed by atoms with Crippen molar-refractivity contribution in [2.75, 3.05) is 13.1 Å². The Morgan fingerprint density at radius 3 is 2.50 bits per heavy atom. The third-order valence-electron chi connectivity index (χ3n) is 3.46. The highest BCUT2D eigenvalue weighted by Crippen LogP contribution is 2.28. The van der Waals surface area contributed by atoms with Gasteiger partial charge in [0.1, 0.15) is 5.54 Å². The number of rotatable bonds is 9. The summed E-state index contributed by atoms with van der Waals surface area (Å²) < 4.78 is 0. The first-order chi connectivity index (χ1) is 8.39. The lowest BCUT2D eigenvalue weighted by Crippen LogP contribution is -2.59. The number of hydrogen-bond donors (Lipinski definition) is 2. The van der Waals surface area contributed by atoms with Gasteiger partial charge in [0.2, 0.25) is 0 Å². The summed E-state index contributed by atoms with van der Waals surface area (Å²) in [6.07, 6.45) is 4.75. The normalized spacial score (nSPS) is 19.2. The number of carboxylic acids is 1. The molecule has 18 heavy (non-hydrogen) atoms. The van der Waals surface area contributed by atoms with Gasteiger partial charge in [-0.25, -0.2) is 0 Å². The molecule has 1 aliphatic carbocycles. The molecule has 1 rings (SSSR count). The van der Waals surface area contributed by atoms with E-state index in [0.29, 0.717) is 12.6 Å². The standard InChI is InChI=1S/C14H28N2O2/c1-5-6-9-16(12-7-8-12)10-14(4,13(17)18)15-11(2)3/h11-12,15H,5-10H2,1-4H3,(H,17,18). The lowest BCUT2D eigenvalue weighted by Gasteiger charge is -2.34. The van der Waals surface area contributed by atoms with Crippen molar-refractivity contribution in [1.29, 1.82) is 0 Å². The average molecular weight is 256 g/mol. The Hall–Kier alpha value is -0.610. The largest absolute Gasteiger partial charge is 0.480 e. The summed E-state index contributed by atoms with van der Waals surface area (Å²) >= 11 is 0. The fraction of sp³-hybridized carbons (Fsp3) is 0.929. The lowest BCUT2D eigenvalue weighted by atomic mass is 10.00. The van der Waals surface area contributed by atoms with Crippen LogP contribution in [0.25, 0.3) is 0 Å². The zero-order valence-electron chi connectivity index (χ0n) is 12.2. The molecule has 106 valence electrons. The molecule has 0 radical (unpaired) electrons. The van der Waals surface area contributed by atoms with Crippen LogP contribution in [0.3, 0.4) is 0 Å². The molecule has 0 bridgehead atoms. The highest BCUT2D eigenvalue weighted by atomic mass is 16.4. The smallest absolute Gasteiger partial charge is 0.324 e. The zero-order chi connectivity index (χ0) is 13.8.